The van der Waals surface area contributed by atoms with Crippen LogP contribution in [0.5, 0.6) is 0 Å². The number of halogens is 2. The number of nitrogens with one attached hydrogen (secondary N) is 1. The molecule has 2 bridgehead atoms. The molecule has 3 aliphatic rings. The Morgan fingerprint density at radius 1 is 1.23 bits per heavy atom. The number of carbonyl (C=O) groups excluding carboxylic acids is 2. The highest BCUT2D eigenvalue weighted by Crippen LogP contribution is 2.39. The van der Waals surface area contributed by atoms with Crippen molar-refractivity contribution < 1.29 is 9.59 Å². The Morgan fingerprint density at radius 3 is 2.77 bits per heavy atom. The van der Waals surface area contributed by atoms with E-state index < -0.39 is 0 Å². The molecule has 0 spiro atoms. The van der Waals surface area contributed by atoms with Crippen LogP contribution in [0.25, 0.3) is 0 Å². The Kier molecular flexibility index (Phi) is 5.80. The molecule has 26 heavy (non-hydrogen) atoms. The number of fused-ring (bicyclic) bond motifs is 2. The fourth-order valence-electron chi connectivity index (χ4n) is 4.62. The lowest BCUT2D eigenvalue weighted by molar-refractivity contribution is -0.136. The molecule has 0 aromatic heterocycles. The molecule has 3 fully saturated rings. The minimum absolute atomic E-state index is 0. The first-order valence-corrected chi connectivity index (χ1v) is 9.46. The molecule has 1 aromatic rings. The van der Waals surface area contributed by atoms with Crippen molar-refractivity contribution in [2.45, 2.75) is 43.8 Å². The molecule has 1 N–H and O–H groups in total. The normalized spacial score (nSPS) is 30.9. The second kappa shape index (κ2) is 7.75. The van der Waals surface area contributed by atoms with E-state index in [2.05, 4.69) is 5.32 Å². The summed E-state index contributed by atoms with van der Waals surface area (Å²) in [6.07, 6.45) is 3.63. The summed E-state index contributed by atoms with van der Waals surface area (Å²) in [5, 5.41) is 4.24. The maximum Gasteiger partial charge on any atom is 0.228 e. The van der Waals surface area contributed by atoms with Crippen LogP contribution in [0.4, 0.5) is 0 Å². The van der Waals surface area contributed by atoms with E-state index in [-0.39, 0.29) is 42.6 Å². The van der Waals surface area contributed by atoms with Gasteiger partial charge in [-0.05, 0) is 37.0 Å². The van der Waals surface area contributed by atoms with E-state index in [0.29, 0.717) is 17.1 Å². The zero-order valence-corrected chi connectivity index (χ0v) is 16.4. The van der Waals surface area contributed by atoms with Crippen molar-refractivity contribution >= 4 is 35.8 Å². The van der Waals surface area contributed by atoms with Gasteiger partial charge in [0.15, 0.2) is 0 Å². The summed E-state index contributed by atoms with van der Waals surface area (Å²) < 4.78 is 0. The Hall–Kier alpha value is -1.30. The van der Waals surface area contributed by atoms with Crippen molar-refractivity contribution in [2.75, 3.05) is 20.1 Å². The first-order chi connectivity index (χ1) is 12.0. The van der Waals surface area contributed by atoms with E-state index in [1.165, 1.54) is 6.42 Å². The standard InChI is InChI=1S/C19H24ClN3O2.ClH/c1-22-17(24)10-16(18(22)12-3-2-4-13(20)9-12)19(25)23-8-7-14-5-6-15(11-23)21-14;/h2-4,9,14-16,18,21H,5-8,10-11H2,1H3;1H. The van der Waals surface area contributed by atoms with Crippen LogP contribution in [0.3, 0.4) is 0 Å². The highest BCUT2D eigenvalue weighted by molar-refractivity contribution is 6.30. The van der Waals surface area contributed by atoms with Gasteiger partial charge < -0.3 is 15.1 Å². The molecule has 4 atom stereocenters. The van der Waals surface area contributed by atoms with Crippen molar-refractivity contribution in [2.24, 2.45) is 5.92 Å². The van der Waals surface area contributed by atoms with Gasteiger partial charge in [-0.1, -0.05) is 23.7 Å². The Morgan fingerprint density at radius 2 is 2.00 bits per heavy atom. The summed E-state index contributed by atoms with van der Waals surface area (Å²) in [5.74, 6) is -0.192. The topological polar surface area (TPSA) is 52.7 Å². The highest BCUT2D eigenvalue weighted by Gasteiger charge is 2.45. The summed E-state index contributed by atoms with van der Waals surface area (Å²) in [4.78, 5) is 29.3. The van der Waals surface area contributed by atoms with E-state index in [9.17, 15) is 9.59 Å². The van der Waals surface area contributed by atoms with Gasteiger partial charge in [-0.25, -0.2) is 0 Å². The largest absolute Gasteiger partial charge is 0.341 e. The molecule has 142 valence electrons. The predicted molar refractivity (Wildman–Crippen MR) is 103 cm³/mol. The molecule has 0 saturated carbocycles. The van der Waals surface area contributed by atoms with Gasteiger partial charge in [0, 0.05) is 43.7 Å². The van der Waals surface area contributed by atoms with Gasteiger partial charge in [-0.2, -0.15) is 0 Å². The Bertz CT molecular complexity index is 699. The summed E-state index contributed by atoms with van der Waals surface area (Å²) in [5.41, 5.74) is 0.939. The Labute approximate surface area is 165 Å². The molecule has 3 saturated heterocycles. The molecular formula is C19H25Cl2N3O2. The van der Waals surface area contributed by atoms with Crippen LogP contribution in [0, 0.1) is 5.92 Å². The molecule has 4 rings (SSSR count). The molecule has 0 aliphatic carbocycles. The van der Waals surface area contributed by atoms with Crippen LogP contribution in [0.1, 0.15) is 37.3 Å². The second-order valence-electron chi connectivity index (χ2n) is 7.53. The molecular weight excluding hydrogens is 373 g/mol. The number of benzene rings is 1. The van der Waals surface area contributed by atoms with E-state index in [0.717, 1.165) is 31.5 Å². The van der Waals surface area contributed by atoms with Gasteiger partial charge in [0.2, 0.25) is 11.8 Å². The van der Waals surface area contributed by atoms with Gasteiger partial charge in [-0.3, -0.25) is 9.59 Å². The minimum atomic E-state index is -0.326. The summed E-state index contributed by atoms with van der Waals surface area (Å²) >= 11 is 6.14. The van der Waals surface area contributed by atoms with Gasteiger partial charge in [0.05, 0.1) is 12.0 Å². The molecule has 2 amide bonds. The Balaban J connectivity index is 0.00000196. The van der Waals surface area contributed by atoms with Crippen molar-refractivity contribution in [3.63, 3.8) is 0 Å². The number of carbonyl (C=O) groups is 2. The van der Waals surface area contributed by atoms with Gasteiger partial charge in [0.25, 0.3) is 0 Å². The maximum atomic E-state index is 13.3. The molecule has 4 unspecified atom stereocenters. The SMILES string of the molecule is CN1C(=O)CC(C(=O)N2CCC3CCC(C2)N3)C1c1cccc(Cl)c1.Cl. The van der Waals surface area contributed by atoms with E-state index in [4.69, 9.17) is 11.6 Å². The third kappa shape index (κ3) is 3.57. The first-order valence-electron chi connectivity index (χ1n) is 9.09. The number of likely N-dealkylation sites (tertiary alicyclic amines) is 2. The van der Waals surface area contributed by atoms with Gasteiger partial charge in [-0.15, -0.1) is 12.4 Å². The van der Waals surface area contributed by atoms with E-state index in [1.54, 1.807) is 11.9 Å². The predicted octanol–water partition coefficient (Wildman–Crippen LogP) is 2.63. The van der Waals surface area contributed by atoms with E-state index in [1.807, 2.05) is 29.2 Å². The van der Waals surface area contributed by atoms with Gasteiger partial charge in [0.1, 0.15) is 0 Å². The molecule has 0 radical (unpaired) electrons. The lowest BCUT2D eigenvalue weighted by atomic mass is 9.92. The lowest BCUT2D eigenvalue weighted by Crippen LogP contribution is -2.43. The van der Waals surface area contributed by atoms with Gasteiger partial charge >= 0.3 is 0 Å². The highest BCUT2D eigenvalue weighted by atomic mass is 35.5. The second-order valence-corrected chi connectivity index (χ2v) is 7.96. The smallest absolute Gasteiger partial charge is 0.228 e. The first kappa shape index (κ1) is 19.5. The quantitative estimate of drug-likeness (QED) is 0.834. The van der Waals surface area contributed by atoms with Crippen LogP contribution in [0.2, 0.25) is 5.02 Å². The molecule has 3 heterocycles. The molecule has 7 heteroatoms. The number of hydrogen-bond donors (Lipinski definition) is 1. The summed E-state index contributed by atoms with van der Waals surface area (Å²) in [6.45, 7) is 1.54. The number of amides is 2. The minimum Gasteiger partial charge on any atom is -0.341 e. The number of rotatable bonds is 2. The maximum absolute atomic E-state index is 13.3. The van der Waals surface area contributed by atoms with Crippen LogP contribution in [-0.4, -0.2) is 53.8 Å². The molecule has 5 nitrogen and oxygen atoms in total. The summed E-state index contributed by atoms with van der Waals surface area (Å²) in [6, 6.07) is 8.23. The van der Waals surface area contributed by atoms with Crippen molar-refractivity contribution in [3.8, 4) is 0 Å². The summed E-state index contributed by atoms with van der Waals surface area (Å²) in [7, 11) is 1.78. The molecule has 1 aromatic carbocycles. The number of hydrogen-bond acceptors (Lipinski definition) is 3. The third-order valence-electron chi connectivity index (χ3n) is 5.93. The monoisotopic (exact) mass is 397 g/mol. The number of nitrogens with zero attached hydrogens (tertiary/aromatic N) is 2. The average Bonchev–Trinajstić information content (AvgIpc) is 3.06. The zero-order valence-electron chi connectivity index (χ0n) is 14.9. The average molecular weight is 398 g/mol. The van der Waals surface area contributed by atoms with Crippen molar-refractivity contribution in [3.05, 3.63) is 34.9 Å². The zero-order chi connectivity index (χ0) is 17.6. The van der Waals surface area contributed by atoms with Crippen LogP contribution < -0.4 is 5.32 Å². The third-order valence-corrected chi connectivity index (χ3v) is 6.16. The van der Waals surface area contributed by atoms with Crippen molar-refractivity contribution in [1.29, 1.82) is 0 Å². The lowest BCUT2D eigenvalue weighted by Gasteiger charge is -2.31. The van der Waals surface area contributed by atoms with Crippen LogP contribution in [-0.2, 0) is 9.59 Å². The van der Waals surface area contributed by atoms with Crippen LogP contribution >= 0.6 is 24.0 Å². The fourth-order valence-corrected chi connectivity index (χ4v) is 4.81. The van der Waals surface area contributed by atoms with E-state index >= 15 is 0 Å². The molecule has 3 aliphatic heterocycles. The van der Waals surface area contributed by atoms with Crippen LogP contribution in [0.15, 0.2) is 24.3 Å². The fraction of sp³-hybridized carbons (Fsp3) is 0.579. The van der Waals surface area contributed by atoms with Crippen molar-refractivity contribution in [1.82, 2.24) is 15.1 Å².